The molecule has 0 aromatic heterocycles. The van der Waals surface area contributed by atoms with Gasteiger partial charge in [-0.1, -0.05) is 25.8 Å². The van der Waals surface area contributed by atoms with E-state index in [0.29, 0.717) is 24.2 Å². The maximum absolute atomic E-state index is 12.8. The third kappa shape index (κ3) is 3.11. The number of rotatable bonds is 3. The SMILES string of the molecule is CC1(C(=O)Nc2ccc3c(c2)C(=O)N(C2CCC(=O)NC2=O)C3)CCCC1. The van der Waals surface area contributed by atoms with E-state index < -0.39 is 11.9 Å². The summed E-state index contributed by atoms with van der Waals surface area (Å²) >= 11 is 0. The summed E-state index contributed by atoms with van der Waals surface area (Å²) in [6.45, 7) is 2.32. The van der Waals surface area contributed by atoms with Crippen molar-refractivity contribution in [1.29, 1.82) is 0 Å². The van der Waals surface area contributed by atoms with Crippen LogP contribution in [0.3, 0.4) is 0 Å². The number of amides is 4. The van der Waals surface area contributed by atoms with Crippen molar-refractivity contribution in [2.45, 2.75) is 58.0 Å². The molecule has 1 saturated carbocycles. The van der Waals surface area contributed by atoms with Gasteiger partial charge in [0.05, 0.1) is 0 Å². The monoisotopic (exact) mass is 369 g/mol. The minimum Gasteiger partial charge on any atom is -0.326 e. The summed E-state index contributed by atoms with van der Waals surface area (Å²) in [7, 11) is 0. The van der Waals surface area contributed by atoms with E-state index in [-0.39, 0.29) is 29.6 Å². The van der Waals surface area contributed by atoms with Gasteiger partial charge < -0.3 is 10.2 Å². The van der Waals surface area contributed by atoms with Crippen LogP contribution < -0.4 is 10.6 Å². The van der Waals surface area contributed by atoms with Crippen molar-refractivity contribution in [1.82, 2.24) is 10.2 Å². The topological polar surface area (TPSA) is 95.6 Å². The van der Waals surface area contributed by atoms with E-state index in [0.717, 1.165) is 31.2 Å². The zero-order chi connectivity index (χ0) is 19.2. The van der Waals surface area contributed by atoms with Crippen molar-refractivity contribution in [3.63, 3.8) is 0 Å². The smallest absolute Gasteiger partial charge is 0.255 e. The molecule has 4 rings (SSSR count). The minimum absolute atomic E-state index is 0.00702. The number of nitrogens with zero attached hydrogens (tertiary/aromatic N) is 1. The Morgan fingerprint density at radius 3 is 2.67 bits per heavy atom. The van der Waals surface area contributed by atoms with Gasteiger partial charge in [-0.3, -0.25) is 24.5 Å². The highest BCUT2D eigenvalue weighted by Crippen LogP contribution is 2.38. The molecule has 2 heterocycles. The van der Waals surface area contributed by atoms with E-state index in [2.05, 4.69) is 10.6 Å². The van der Waals surface area contributed by atoms with Gasteiger partial charge in [0, 0.05) is 29.6 Å². The predicted molar refractivity (Wildman–Crippen MR) is 97.7 cm³/mol. The van der Waals surface area contributed by atoms with Crippen LogP contribution in [0.15, 0.2) is 18.2 Å². The van der Waals surface area contributed by atoms with E-state index in [1.54, 1.807) is 12.1 Å². The normalized spacial score (nSPS) is 24.0. The Bertz CT molecular complexity index is 842. The van der Waals surface area contributed by atoms with Gasteiger partial charge in [0.2, 0.25) is 17.7 Å². The molecule has 1 aromatic carbocycles. The summed E-state index contributed by atoms with van der Waals surface area (Å²) in [6.07, 6.45) is 4.46. The maximum Gasteiger partial charge on any atom is 0.255 e. The van der Waals surface area contributed by atoms with Gasteiger partial charge in [-0.25, -0.2) is 0 Å². The first kappa shape index (κ1) is 17.7. The van der Waals surface area contributed by atoms with Crippen LogP contribution in [0.2, 0.25) is 0 Å². The molecule has 1 saturated heterocycles. The number of hydrogen-bond donors (Lipinski definition) is 2. The molecule has 3 aliphatic rings. The molecule has 7 heteroatoms. The summed E-state index contributed by atoms with van der Waals surface area (Å²) in [5, 5.41) is 5.25. The summed E-state index contributed by atoms with van der Waals surface area (Å²) < 4.78 is 0. The first-order valence-corrected chi connectivity index (χ1v) is 9.46. The van der Waals surface area contributed by atoms with Crippen molar-refractivity contribution < 1.29 is 19.2 Å². The molecule has 1 unspecified atom stereocenters. The van der Waals surface area contributed by atoms with Crippen molar-refractivity contribution >= 4 is 29.3 Å². The summed E-state index contributed by atoms with van der Waals surface area (Å²) in [5.41, 5.74) is 1.59. The molecule has 0 spiro atoms. The number of carbonyl (C=O) groups is 4. The van der Waals surface area contributed by atoms with E-state index >= 15 is 0 Å². The Morgan fingerprint density at radius 1 is 1.22 bits per heavy atom. The molecule has 0 radical (unpaired) electrons. The number of fused-ring (bicyclic) bond motifs is 1. The molecule has 27 heavy (non-hydrogen) atoms. The van der Waals surface area contributed by atoms with Crippen molar-refractivity contribution in [2.75, 3.05) is 5.32 Å². The Balaban J connectivity index is 1.50. The Labute approximate surface area is 157 Å². The molecule has 1 aromatic rings. The maximum atomic E-state index is 12.8. The molecular weight excluding hydrogens is 346 g/mol. The molecule has 1 atom stereocenters. The summed E-state index contributed by atoms with van der Waals surface area (Å²) in [5.74, 6) is -0.962. The highest BCUT2D eigenvalue weighted by Gasteiger charge is 2.40. The summed E-state index contributed by atoms with van der Waals surface area (Å²) in [6, 6.07) is 4.69. The van der Waals surface area contributed by atoms with Gasteiger partial charge >= 0.3 is 0 Å². The number of piperidine rings is 1. The Kier molecular flexibility index (Phi) is 4.25. The number of hydrogen-bond acceptors (Lipinski definition) is 4. The van der Waals surface area contributed by atoms with Crippen molar-refractivity contribution in [3.8, 4) is 0 Å². The standard InChI is InChI=1S/C20H23N3O4/c1-20(8-2-3-9-20)19(27)21-13-5-4-12-11-23(18(26)14(12)10-13)15-6-7-16(24)22-17(15)25/h4-5,10,15H,2-3,6-9,11H2,1H3,(H,21,27)(H,22,24,25). The van der Waals surface area contributed by atoms with Crippen LogP contribution in [0.25, 0.3) is 0 Å². The Morgan fingerprint density at radius 2 is 1.96 bits per heavy atom. The van der Waals surface area contributed by atoms with Gasteiger partial charge in [-0.15, -0.1) is 0 Å². The lowest BCUT2D eigenvalue weighted by atomic mass is 9.88. The van der Waals surface area contributed by atoms with Crippen LogP contribution in [0.1, 0.15) is 61.4 Å². The quantitative estimate of drug-likeness (QED) is 0.796. The Hall–Kier alpha value is -2.70. The van der Waals surface area contributed by atoms with Crippen molar-refractivity contribution in [2.24, 2.45) is 5.41 Å². The van der Waals surface area contributed by atoms with Gasteiger partial charge in [-0.05, 0) is 37.0 Å². The van der Waals surface area contributed by atoms with Gasteiger partial charge in [0.25, 0.3) is 5.91 Å². The second-order valence-corrected chi connectivity index (χ2v) is 7.99. The number of anilines is 1. The number of imide groups is 1. The number of benzene rings is 1. The van der Waals surface area contributed by atoms with E-state index in [4.69, 9.17) is 0 Å². The average molecular weight is 369 g/mol. The van der Waals surface area contributed by atoms with Crippen LogP contribution in [-0.4, -0.2) is 34.6 Å². The largest absolute Gasteiger partial charge is 0.326 e. The molecule has 142 valence electrons. The molecule has 1 aliphatic carbocycles. The van der Waals surface area contributed by atoms with Gasteiger partial charge in [0.1, 0.15) is 6.04 Å². The average Bonchev–Trinajstić information content (AvgIpc) is 3.21. The molecule has 4 amide bonds. The predicted octanol–water partition coefficient (Wildman–Crippen LogP) is 1.97. The fourth-order valence-electron chi connectivity index (χ4n) is 4.30. The number of nitrogens with one attached hydrogen (secondary N) is 2. The highest BCUT2D eigenvalue weighted by atomic mass is 16.2. The molecule has 2 fully saturated rings. The molecular formula is C20H23N3O4. The zero-order valence-corrected chi connectivity index (χ0v) is 15.3. The lowest BCUT2D eigenvalue weighted by Gasteiger charge is -2.29. The van der Waals surface area contributed by atoms with Crippen LogP contribution >= 0.6 is 0 Å². The lowest BCUT2D eigenvalue weighted by molar-refractivity contribution is -0.137. The van der Waals surface area contributed by atoms with Crippen LogP contribution in [0.5, 0.6) is 0 Å². The fraction of sp³-hybridized carbons (Fsp3) is 0.500. The van der Waals surface area contributed by atoms with Crippen LogP contribution in [0, 0.1) is 5.41 Å². The third-order valence-corrected chi connectivity index (χ3v) is 6.04. The first-order chi connectivity index (χ1) is 12.9. The zero-order valence-electron chi connectivity index (χ0n) is 15.3. The number of carbonyl (C=O) groups excluding carboxylic acids is 4. The minimum atomic E-state index is -0.627. The highest BCUT2D eigenvalue weighted by molar-refractivity contribution is 6.06. The molecule has 7 nitrogen and oxygen atoms in total. The van der Waals surface area contributed by atoms with E-state index in [1.165, 1.54) is 4.90 Å². The van der Waals surface area contributed by atoms with Crippen LogP contribution in [0.4, 0.5) is 5.69 Å². The molecule has 0 bridgehead atoms. The summed E-state index contributed by atoms with van der Waals surface area (Å²) in [4.78, 5) is 50.4. The second kappa shape index (κ2) is 6.48. The lowest BCUT2D eigenvalue weighted by Crippen LogP contribution is -2.52. The second-order valence-electron chi connectivity index (χ2n) is 7.99. The van der Waals surface area contributed by atoms with Crippen molar-refractivity contribution in [3.05, 3.63) is 29.3 Å². The first-order valence-electron chi connectivity index (χ1n) is 9.46. The molecule has 2 aliphatic heterocycles. The van der Waals surface area contributed by atoms with E-state index in [1.807, 2.05) is 13.0 Å². The van der Waals surface area contributed by atoms with Gasteiger partial charge in [0.15, 0.2) is 0 Å². The fourth-order valence-corrected chi connectivity index (χ4v) is 4.30. The van der Waals surface area contributed by atoms with Gasteiger partial charge in [-0.2, -0.15) is 0 Å². The third-order valence-electron chi connectivity index (χ3n) is 6.04. The van der Waals surface area contributed by atoms with E-state index in [9.17, 15) is 19.2 Å². The van der Waals surface area contributed by atoms with Crippen LogP contribution in [-0.2, 0) is 20.9 Å². The molecule has 2 N–H and O–H groups in total.